The van der Waals surface area contributed by atoms with Crippen LogP contribution in [0.25, 0.3) is 11.1 Å². The maximum absolute atomic E-state index is 12.2. The molecule has 0 atom stereocenters. The third-order valence-electron chi connectivity index (χ3n) is 6.59. The lowest BCUT2D eigenvalue weighted by Gasteiger charge is -2.18. The van der Waals surface area contributed by atoms with E-state index in [2.05, 4.69) is 34.9 Å². The van der Waals surface area contributed by atoms with Crippen molar-refractivity contribution in [1.82, 2.24) is 10.6 Å². The number of carboxylic acid groups (broad SMARTS) is 1. The van der Waals surface area contributed by atoms with Gasteiger partial charge < -0.3 is 20.5 Å². The molecule has 0 unspecified atom stereocenters. The Kier molecular flexibility index (Phi) is 9.29. The molecular weight excluding hydrogens is 444 g/mol. The van der Waals surface area contributed by atoms with Gasteiger partial charge in [0.25, 0.3) is 0 Å². The molecule has 0 fully saturated rings. The van der Waals surface area contributed by atoms with E-state index in [4.69, 9.17) is 9.84 Å². The largest absolute Gasteiger partial charge is 0.481 e. The summed E-state index contributed by atoms with van der Waals surface area (Å²) >= 11 is 0. The molecule has 1 aliphatic rings. The van der Waals surface area contributed by atoms with Crippen LogP contribution in [0.5, 0.6) is 0 Å². The van der Waals surface area contributed by atoms with Crippen LogP contribution in [0.3, 0.4) is 0 Å². The van der Waals surface area contributed by atoms with Gasteiger partial charge in [0.1, 0.15) is 6.61 Å². The van der Waals surface area contributed by atoms with E-state index in [1.54, 1.807) is 13.8 Å². The number of benzene rings is 2. The molecular formula is C28H36N2O5. The number of rotatable bonds is 13. The molecule has 35 heavy (non-hydrogen) atoms. The van der Waals surface area contributed by atoms with E-state index >= 15 is 0 Å². The van der Waals surface area contributed by atoms with Crippen molar-refractivity contribution in [3.8, 4) is 11.1 Å². The first-order valence-electron chi connectivity index (χ1n) is 12.4. The zero-order valence-electron chi connectivity index (χ0n) is 20.6. The van der Waals surface area contributed by atoms with Crippen molar-refractivity contribution in [2.45, 2.75) is 58.3 Å². The van der Waals surface area contributed by atoms with E-state index in [9.17, 15) is 14.4 Å². The lowest BCUT2D eigenvalue weighted by atomic mass is 9.90. The van der Waals surface area contributed by atoms with Gasteiger partial charge in [0, 0.05) is 25.4 Å². The van der Waals surface area contributed by atoms with Crippen LogP contribution in [0.2, 0.25) is 0 Å². The molecule has 2 aromatic rings. The highest BCUT2D eigenvalue weighted by molar-refractivity contribution is 5.79. The van der Waals surface area contributed by atoms with Gasteiger partial charge in [-0.15, -0.1) is 0 Å². The molecule has 3 rings (SSSR count). The fourth-order valence-corrected chi connectivity index (χ4v) is 4.31. The number of hydrogen-bond donors (Lipinski definition) is 3. The van der Waals surface area contributed by atoms with Gasteiger partial charge in [-0.2, -0.15) is 0 Å². The number of carbonyl (C=O) groups excluding carboxylic acids is 2. The minimum atomic E-state index is -0.863. The molecule has 0 aliphatic heterocycles. The normalized spacial score (nSPS) is 12.5. The number of aliphatic carboxylic acids is 1. The average Bonchev–Trinajstić information content (AvgIpc) is 3.15. The molecule has 0 saturated heterocycles. The number of fused-ring (bicyclic) bond motifs is 3. The number of amides is 2. The number of hydrogen-bond acceptors (Lipinski definition) is 4. The Balaban J connectivity index is 1.26. The molecule has 7 heteroatoms. The molecule has 0 aromatic heterocycles. The Morgan fingerprint density at radius 1 is 0.857 bits per heavy atom. The van der Waals surface area contributed by atoms with E-state index in [0.29, 0.717) is 32.5 Å². The minimum Gasteiger partial charge on any atom is -0.481 e. The summed E-state index contributed by atoms with van der Waals surface area (Å²) in [5.74, 6) is -0.865. The Labute approximate surface area is 207 Å². The van der Waals surface area contributed by atoms with Crippen molar-refractivity contribution in [3.05, 3.63) is 59.7 Å². The number of carboxylic acids is 1. The zero-order chi connectivity index (χ0) is 25.3. The summed E-state index contributed by atoms with van der Waals surface area (Å²) in [6, 6.07) is 16.5. The molecule has 0 saturated carbocycles. The van der Waals surface area contributed by atoms with Gasteiger partial charge in [-0.1, -0.05) is 61.4 Å². The van der Waals surface area contributed by atoms with Crippen molar-refractivity contribution < 1.29 is 24.2 Å². The van der Waals surface area contributed by atoms with Crippen molar-refractivity contribution in [1.29, 1.82) is 0 Å². The number of carbonyl (C=O) groups is 3. The third kappa shape index (κ3) is 7.31. The molecule has 1 aliphatic carbocycles. The predicted octanol–water partition coefficient (Wildman–Crippen LogP) is 5.09. The van der Waals surface area contributed by atoms with Crippen LogP contribution in [0, 0.1) is 5.41 Å². The highest BCUT2D eigenvalue weighted by Crippen LogP contribution is 2.44. The summed E-state index contributed by atoms with van der Waals surface area (Å²) < 4.78 is 5.54. The monoisotopic (exact) mass is 480 g/mol. The van der Waals surface area contributed by atoms with E-state index in [1.165, 1.54) is 22.3 Å². The number of alkyl carbamates (subject to hydrolysis) is 1. The van der Waals surface area contributed by atoms with E-state index < -0.39 is 17.5 Å². The summed E-state index contributed by atoms with van der Waals surface area (Å²) in [7, 11) is 0. The maximum Gasteiger partial charge on any atom is 0.407 e. The topological polar surface area (TPSA) is 105 Å². The van der Waals surface area contributed by atoms with Crippen LogP contribution in [0.15, 0.2) is 48.5 Å². The van der Waals surface area contributed by atoms with E-state index in [1.807, 2.05) is 24.3 Å². The summed E-state index contributed by atoms with van der Waals surface area (Å²) in [4.78, 5) is 35.1. The number of nitrogens with one attached hydrogen (secondary N) is 2. The molecule has 2 aromatic carbocycles. The second-order valence-electron chi connectivity index (χ2n) is 9.71. The molecule has 0 bridgehead atoms. The maximum atomic E-state index is 12.2. The minimum absolute atomic E-state index is 0.0505. The van der Waals surface area contributed by atoms with Gasteiger partial charge in [0.05, 0.1) is 5.41 Å². The van der Waals surface area contributed by atoms with Crippen LogP contribution in [0.1, 0.15) is 69.4 Å². The standard InChI is InChI=1S/C28H36N2O5/c1-28(2,26(32)33)16-18-29-25(31)15-5-3-4-10-17-30-27(34)35-19-24-22-13-8-6-11-20(22)21-12-7-9-14-23(21)24/h6-9,11-14,24H,3-5,10,15-19H2,1-2H3,(H,29,31)(H,30,34)(H,32,33). The number of ether oxygens (including phenoxy) is 1. The van der Waals surface area contributed by atoms with Crippen LogP contribution in [-0.2, 0) is 14.3 Å². The Morgan fingerprint density at radius 3 is 2.09 bits per heavy atom. The van der Waals surface area contributed by atoms with E-state index in [-0.39, 0.29) is 11.8 Å². The van der Waals surface area contributed by atoms with Gasteiger partial charge in [-0.05, 0) is 55.4 Å². The first-order valence-corrected chi connectivity index (χ1v) is 12.4. The summed E-state index contributed by atoms with van der Waals surface area (Å²) in [6.07, 6.45) is 3.79. The Hall–Kier alpha value is -3.35. The van der Waals surface area contributed by atoms with Crippen molar-refractivity contribution in [2.24, 2.45) is 5.41 Å². The third-order valence-corrected chi connectivity index (χ3v) is 6.59. The molecule has 0 spiro atoms. The second kappa shape index (κ2) is 12.4. The Morgan fingerprint density at radius 2 is 1.46 bits per heavy atom. The summed E-state index contributed by atoms with van der Waals surface area (Å²) in [5.41, 5.74) is 3.95. The molecule has 3 N–H and O–H groups in total. The van der Waals surface area contributed by atoms with Crippen LogP contribution >= 0.6 is 0 Å². The molecule has 188 valence electrons. The second-order valence-corrected chi connectivity index (χ2v) is 9.71. The smallest absolute Gasteiger partial charge is 0.407 e. The fraction of sp³-hybridized carbons (Fsp3) is 0.464. The molecule has 2 amide bonds. The lowest BCUT2D eigenvalue weighted by Crippen LogP contribution is -2.31. The first-order chi connectivity index (χ1) is 16.8. The lowest BCUT2D eigenvalue weighted by molar-refractivity contribution is -0.147. The van der Waals surface area contributed by atoms with Crippen LogP contribution in [0.4, 0.5) is 4.79 Å². The first kappa shape index (κ1) is 26.3. The molecule has 0 heterocycles. The van der Waals surface area contributed by atoms with Crippen molar-refractivity contribution in [2.75, 3.05) is 19.7 Å². The zero-order valence-corrected chi connectivity index (χ0v) is 20.6. The highest BCUT2D eigenvalue weighted by atomic mass is 16.5. The Bertz CT molecular complexity index is 988. The summed E-state index contributed by atoms with van der Waals surface area (Å²) in [6.45, 7) is 4.50. The number of unbranched alkanes of at least 4 members (excludes halogenated alkanes) is 3. The van der Waals surface area contributed by atoms with Gasteiger partial charge in [-0.3, -0.25) is 9.59 Å². The molecule has 7 nitrogen and oxygen atoms in total. The van der Waals surface area contributed by atoms with Gasteiger partial charge in [0.2, 0.25) is 5.91 Å². The SMILES string of the molecule is CC(C)(CCNC(=O)CCCCCCNC(=O)OCC1c2ccccc2-c2ccccc21)C(=O)O. The predicted molar refractivity (Wildman–Crippen MR) is 135 cm³/mol. The van der Waals surface area contributed by atoms with E-state index in [0.717, 1.165) is 25.7 Å². The van der Waals surface area contributed by atoms with Gasteiger partial charge in [0.15, 0.2) is 0 Å². The van der Waals surface area contributed by atoms with Gasteiger partial charge >= 0.3 is 12.1 Å². The highest BCUT2D eigenvalue weighted by Gasteiger charge is 2.29. The van der Waals surface area contributed by atoms with Crippen LogP contribution in [-0.4, -0.2) is 42.8 Å². The summed E-state index contributed by atoms with van der Waals surface area (Å²) in [5, 5.41) is 14.7. The van der Waals surface area contributed by atoms with Gasteiger partial charge in [-0.25, -0.2) is 4.79 Å². The quantitative estimate of drug-likeness (QED) is 0.346. The average molecular weight is 481 g/mol. The van der Waals surface area contributed by atoms with Crippen LogP contribution < -0.4 is 10.6 Å². The van der Waals surface area contributed by atoms with Crippen molar-refractivity contribution >= 4 is 18.0 Å². The molecule has 0 radical (unpaired) electrons. The fourth-order valence-electron chi connectivity index (χ4n) is 4.31. The van der Waals surface area contributed by atoms with Crippen molar-refractivity contribution in [3.63, 3.8) is 0 Å².